The Kier molecular flexibility index (Phi) is 4.31. The topological polar surface area (TPSA) is 77.9 Å². The van der Waals surface area contributed by atoms with Crippen molar-refractivity contribution in [3.8, 4) is 0 Å². The SMILES string of the molecule is CN(C)c1ccc(S(=O)(=O)N(C)CC(=O)O)cc1. The summed E-state index contributed by atoms with van der Waals surface area (Å²) >= 11 is 0. The van der Waals surface area contributed by atoms with E-state index in [2.05, 4.69) is 0 Å². The van der Waals surface area contributed by atoms with Gasteiger partial charge < -0.3 is 10.0 Å². The van der Waals surface area contributed by atoms with Crippen LogP contribution in [0.2, 0.25) is 0 Å². The minimum Gasteiger partial charge on any atom is -0.480 e. The summed E-state index contributed by atoms with van der Waals surface area (Å²) in [6.45, 7) is -0.558. The van der Waals surface area contributed by atoms with Gasteiger partial charge in [-0.05, 0) is 24.3 Å². The van der Waals surface area contributed by atoms with Gasteiger partial charge in [0, 0.05) is 26.8 Å². The van der Waals surface area contributed by atoms with Crippen LogP contribution >= 0.6 is 0 Å². The normalized spacial score (nSPS) is 11.6. The second kappa shape index (κ2) is 5.36. The molecule has 0 fully saturated rings. The average molecular weight is 272 g/mol. The lowest BCUT2D eigenvalue weighted by Gasteiger charge is -2.16. The Morgan fingerprint density at radius 2 is 1.67 bits per heavy atom. The van der Waals surface area contributed by atoms with Crippen molar-refractivity contribution in [2.75, 3.05) is 32.6 Å². The van der Waals surface area contributed by atoms with Crippen LogP contribution in [-0.4, -0.2) is 51.5 Å². The average Bonchev–Trinajstić information content (AvgIpc) is 2.28. The summed E-state index contributed by atoms with van der Waals surface area (Å²) in [6.07, 6.45) is 0. The van der Waals surface area contributed by atoms with Crippen molar-refractivity contribution >= 4 is 21.7 Å². The molecular formula is C11H16N2O4S. The van der Waals surface area contributed by atoms with Crippen LogP contribution in [-0.2, 0) is 14.8 Å². The van der Waals surface area contributed by atoms with E-state index >= 15 is 0 Å². The third kappa shape index (κ3) is 3.21. The van der Waals surface area contributed by atoms with E-state index in [-0.39, 0.29) is 4.90 Å². The van der Waals surface area contributed by atoms with Gasteiger partial charge in [0.2, 0.25) is 10.0 Å². The van der Waals surface area contributed by atoms with Crippen molar-refractivity contribution in [3.63, 3.8) is 0 Å². The van der Waals surface area contributed by atoms with Crippen LogP contribution in [0.1, 0.15) is 0 Å². The molecule has 0 aliphatic heterocycles. The first kappa shape index (κ1) is 14.5. The van der Waals surface area contributed by atoms with Gasteiger partial charge in [0.1, 0.15) is 6.54 Å². The molecule has 0 radical (unpaired) electrons. The fourth-order valence-corrected chi connectivity index (χ4v) is 2.49. The predicted molar refractivity (Wildman–Crippen MR) is 68.2 cm³/mol. The zero-order chi connectivity index (χ0) is 13.9. The molecule has 0 bridgehead atoms. The fraction of sp³-hybridized carbons (Fsp3) is 0.364. The van der Waals surface area contributed by atoms with Crippen molar-refractivity contribution in [2.24, 2.45) is 0 Å². The number of nitrogens with zero attached hydrogens (tertiary/aromatic N) is 2. The third-order valence-corrected chi connectivity index (χ3v) is 4.24. The lowest BCUT2D eigenvalue weighted by molar-refractivity contribution is -0.137. The summed E-state index contributed by atoms with van der Waals surface area (Å²) in [7, 11) is 1.19. The van der Waals surface area contributed by atoms with E-state index < -0.39 is 22.5 Å². The van der Waals surface area contributed by atoms with E-state index in [1.807, 2.05) is 19.0 Å². The number of carbonyl (C=O) groups is 1. The van der Waals surface area contributed by atoms with Crippen molar-refractivity contribution < 1.29 is 18.3 Å². The molecule has 1 rings (SSSR count). The Labute approximate surface area is 106 Å². The number of carboxylic acid groups (broad SMARTS) is 1. The molecule has 7 heteroatoms. The maximum absolute atomic E-state index is 12.0. The molecule has 0 spiro atoms. The summed E-state index contributed by atoms with van der Waals surface area (Å²) in [5.41, 5.74) is 0.870. The number of sulfonamides is 1. The number of hydrogen-bond acceptors (Lipinski definition) is 4. The predicted octanol–water partition coefficient (Wildman–Crippen LogP) is 0.458. The molecule has 18 heavy (non-hydrogen) atoms. The molecule has 0 atom stereocenters. The first-order chi connectivity index (χ1) is 8.25. The highest BCUT2D eigenvalue weighted by Crippen LogP contribution is 2.18. The summed E-state index contributed by atoms with van der Waals surface area (Å²) in [5, 5.41) is 8.60. The number of likely N-dealkylation sites (N-methyl/N-ethyl adjacent to an activating group) is 1. The standard InChI is InChI=1S/C11H16N2O4S/c1-12(2)9-4-6-10(7-5-9)18(16,17)13(3)8-11(14)15/h4-7H,8H2,1-3H3,(H,14,15). The van der Waals surface area contributed by atoms with Gasteiger partial charge >= 0.3 is 5.97 Å². The van der Waals surface area contributed by atoms with Gasteiger partial charge in [-0.1, -0.05) is 0 Å². The van der Waals surface area contributed by atoms with E-state index in [1.54, 1.807) is 12.1 Å². The van der Waals surface area contributed by atoms with E-state index in [4.69, 9.17) is 5.11 Å². The Morgan fingerprint density at radius 3 is 2.06 bits per heavy atom. The number of aliphatic carboxylic acids is 1. The van der Waals surface area contributed by atoms with Gasteiger partial charge in [0.15, 0.2) is 0 Å². The highest BCUT2D eigenvalue weighted by Gasteiger charge is 2.22. The number of rotatable bonds is 5. The fourth-order valence-electron chi connectivity index (χ4n) is 1.37. The van der Waals surface area contributed by atoms with Gasteiger partial charge in [0.05, 0.1) is 4.90 Å². The number of carboxylic acids is 1. The molecule has 100 valence electrons. The van der Waals surface area contributed by atoms with Crippen LogP contribution in [0.5, 0.6) is 0 Å². The van der Waals surface area contributed by atoms with E-state index in [0.717, 1.165) is 9.99 Å². The van der Waals surface area contributed by atoms with Gasteiger partial charge in [-0.3, -0.25) is 4.79 Å². The molecule has 0 unspecified atom stereocenters. The molecule has 0 amide bonds. The van der Waals surface area contributed by atoms with Crippen LogP contribution in [0.25, 0.3) is 0 Å². The van der Waals surface area contributed by atoms with Crippen LogP contribution in [0.15, 0.2) is 29.2 Å². The smallest absolute Gasteiger partial charge is 0.318 e. The van der Waals surface area contributed by atoms with Crippen molar-refractivity contribution in [3.05, 3.63) is 24.3 Å². The second-order valence-corrected chi connectivity index (χ2v) is 6.09. The second-order valence-electron chi connectivity index (χ2n) is 4.04. The number of anilines is 1. The molecule has 0 aliphatic rings. The van der Waals surface area contributed by atoms with E-state index in [0.29, 0.717) is 0 Å². The lowest BCUT2D eigenvalue weighted by atomic mass is 10.3. The monoisotopic (exact) mass is 272 g/mol. The molecule has 6 nitrogen and oxygen atoms in total. The first-order valence-electron chi connectivity index (χ1n) is 5.20. The number of benzene rings is 1. The zero-order valence-electron chi connectivity index (χ0n) is 10.5. The summed E-state index contributed by atoms with van der Waals surface area (Å²) in [4.78, 5) is 12.4. The summed E-state index contributed by atoms with van der Waals surface area (Å²) in [5.74, 6) is -1.19. The Morgan fingerprint density at radius 1 is 1.17 bits per heavy atom. The Hall–Kier alpha value is -1.60. The Balaban J connectivity index is 3.02. The van der Waals surface area contributed by atoms with Gasteiger partial charge in [-0.15, -0.1) is 0 Å². The minimum absolute atomic E-state index is 0.0804. The molecule has 1 aromatic rings. The largest absolute Gasteiger partial charge is 0.480 e. The van der Waals surface area contributed by atoms with Gasteiger partial charge in [-0.25, -0.2) is 8.42 Å². The van der Waals surface area contributed by atoms with Crippen molar-refractivity contribution in [2.45, 2.75) is 4.90 Å². The molecule has 0 heterocycles. The van der Waals surface area contributed by atoms with Gasteiger partial charge in [-0.2, -0.15) is 4.31 Å². The summed E-state index contributed by atoms with van der Waals surface area (Å²) in [6, 6.07) is 6.26. The van der Waals surface area contributed by atoms with Crippen LogP contribution in [0.4, 0.5) is 5.69 Å². The number of hydrogen-bond donors (Lipinski definition) is 1. The lowest BCUT2D eigenvalue weighted by Crippen LogP contribution is -2.32. The molecule has 0 aliphatic carbocycles. The zero-order valence-corrected chi connectivity index (χ0v) is 11.3. The van der Waals surface area contributed by atoms with E-state index in [9.17, 15) is 13.2 Å². The maximum atomic E-state index is 12.0. The van der Waals surface area contributed by atoms with Crippen LogP contribution in [0.3, 0.4) is 0 Å². The highest BCUT2D eigenvalue weighted by atomic mass is 32.2. The van der Waals surface area contributed by atoms with Crippen molar-refractivity contribution in [1.82, 2.24) is 4.31 Å². The molecule has 0 aromatic heterocycles. The highest BCUT2D eigenvalue weighted by molar-refractivity contribution is 7.89. The molecule has 1 aromatic carbocycles. The molecule has 0 saturated heterocycles. The minimum atomic E-state index is -3.74. The first-order valence-corrected chi connectivity index (χ1v) is 6.64. The van der Waals surface area contributed by atoms with Gasteiger partial charge in [0.25, 0.3) is 0 Å². The maximum Gasteiger partial charge on any atom is 0.318 e. The molecule has 1 N–H and O–H groups in total. The quantitative estimate of drug-likeness (QED) is 0.842. The van der Waals surface area contributed by atoms with E-state index in [1.165, 1.54) is 19.2 Å². The van der Waals surface area contributed by atoms with Crippen LogP contribution in [0, 0.1) is 0 Å². The molecular weight excluding hydrogens is 256 g/mol. The van der Waals surface area contributed by atoms with Crippen LogP contribution < -0.4 is 4.90 Å². The third-order valence-electron chi connectivity index (χ3n) is 2.42. The Bertz CT molecular complexity index is 522. The van der Waals surface area contributed by atoms with Crippen molar-refractivity contribution in [1.29, 1.82) is 0 Å². The molecule has 0 saturated carbocycles. The summed E-state index contributed by atoms with van der Waals surface area (Å²) < 4.78 is 24.8.